The van der Waals surface area contributed by atoms with Gasteiger partial charge in [-0.05, 0) is 79.3 Å². The summed E-state index contributed by atoms with van der Waals surface area (Å²) in [6, 6.07) is 17.5. The number of halogens is 1. The summed E-state index contributed by atoms with van der Waals surface area (Å²) in [6.45, 7) is 11.1. The van der Waals surface area contributed by atoms with Gasteiger partial charge in [0.05, 0.1) is 22.9 Å². The molecule has 4 heteroatoms. The molecule has 3 rings (SSSR count). The lowest BCUT2D eigenvalue weighted by Gasteiger charge is -2.23. The normalized spacial score (nSPS) is 13.7. The van der Waals surface area contributed by atoms with Crippen LogP contribution in [-0.4, -0.2) is 20.8 Å². The molecule has 1 heterocycles. The van der Waals surface area contributed by atoms with Gasteiger partial charge in [-0.1, -0.05) is 73.3 Å². The Morgan fingerprint density at radius 2 is 1.82 bits per heavy atom. The van der Waals surface area contributed by atoms with Gasteiger partial charge in [0, 0.05) is 10.4 Å². The Bertz CT molecular complexity index is 1220. The summed E-state index contributed by atoms with van der Waals surface area (Å²) in [5, 5.41) is 22.8. The second kappa shape index (κ2) is 10.8. The Hall–Kier alpha value is -2.98. The molecule has 2 N–H and O–H groups in total. The van der Waals surface area contributed by atoms with Crippen molar-refractivity contribution >= 4 is 34.7 Å². The second-order valence-electron chi connectivity index (χ2n) is 8.54. The molecular weight excluding hydrogens is 430 g/mol. The molecule has 3 nitrogen and oxygen atoms in total. The van der Waals surface area contributed by atoms with Gasteiger partial charge in [-0.3, -0.25) is 0 Å². The third-order valence-corrected chi connectivity index (χ3v) is 5.80. The molecule has 0 saturated heterocycles. The zero-order valence-corrected chi connectivity index (χ0v) is 19.9. The predicted octanol–water partition coefficient (Wildman–Crippen LogP) is 7.31. The lowest BCUT2D eigenvalue weighted by atomic mass is 9.89. The van der Waals surface area contributed by atoms with E-state index in [1.165, 1.54) is 0 Å². The summed E-state index contributed by atoms with van der Waals surface area (Å²) in [6.07, 6.45) is 7.77. The molecule has 0 aliphatic carbocycles. The first-order valence-corrected chi connectivity index (χ1v) is 11.3. The van der Waals surface area contributed by atoms with Crippen molar-refractivity contribution in [2.24, 2.45) is 0 Å². The monoisotopic (exact) mass is 459 g/mol. The first kappa shape index (κ1) is 24.7. The van der Waals surface area contributed by atoms with Crippen LogP contribution in [0.15, 0.2) is 91.1 Å². The van der Waals surface area contributed by atoms with Crippen molar-refractivity contribution in [3.63, 3.8) is 0 Å². The van der Waals surface area contributed by atoms with E-state index in [0.717, 1.165) is 38.9 Å². The van der Waals surface area contributed by atoms with Crippen molar-refractivity contribution in [1.82, 2.24) is 4.98 Å². The summed E-state index contributed by atoms with van der Waals surface area (Å²) in [5.74, 6) is 0. The largest absolute Gasteiger partial charge is 0.388 e. The zero-order chi connectivity index (χ0) is 24.0. The Labute approximate surface area is 201 Å². The standard InChI is InChI=1S/C29H30ClNO2/c1-5-21(26(6-2)29(3,4)33)13-17-28(32)23-9-7-8-20(18-23)10-15-25-16-12-22-11-14-24(30)19-27(22)31-25/h5-12,14-16,18-19,28,32-33H,1-2,13,17H2,3-4H3/b15-10+,26-21-/t28-/m0/s1. The first-order chi connectivity index (χ1) is 15.7. The molecule has 0 unspecified atom stereocenters. The van der Waals surface area contributed by atoms with E-state index in [1.807, 2.05) is 66.7 Å². The molecule has 33 heavy (non-hydrogen) atoms. The molecule has 0 spiro atoms. The van der Waals surface area contributed by atoms with Gasteiger partial charge in [-0.25, -0.2) is 4.98 Å². The molecule has 2 aromatic carbocycles. The minimum atomic E-state index is -1.01. The van der Waals surface area contributed by atoms with Crippen molar-refractivity contribution < 1.29 is 10.2 Å². The fraction of sp³-hybridized carbons (Fsp3) is 0.207. The van der Waals surface area contributed by atoms with E-state index >= 15 is 0 Å². The van der Waals surface area contributed by atoms with E-state index < -0.39 is 11.7 Å². The maximum atomic E-state index is 10.8. The average molecular weight is 460 g/mol. The van der Waals surface area contributed by atoms with Gasteiger partial charge in [-0.2, -0.15) is 0 Å². The molecule has 0 fully saturated rings. The van der Waals surface area contributed by atoms with E-state index in [1.54, 1.807) is 26.0 Å². The van der Waals surface area contributed by atoms with E-state index in [0.29, 0.717) is 17.9 Å². The van der Waals surface area contributed by atoms with Crippen LogP contribution < -0.4 is 0 Å². The van der Waals surface area contributed by atoms with E-state index in [-0.39, 0.29) is 0 Å². The van der Waals surface area contributed by atoms with Crippen LogP contribution in [0.2, 0.25) is 5.02 Å². The number of fused-ring (bicyclic) bond motifs is 1. The summed E-state index contributed by atoms with van der Waals surface area (Å²) >= 11 is 6.09. The summed E-state index contributed by atoms with van der Waals surface area (Å²) in [4.78, 5) is 4.65. The number of hydrogen-bond acceptors (Lipinski definition) is 3. The molecule has 0 saturated carbocycles. The van der Waals surface area contributed by atoms with Crippen LogP contribution in [0.1, 0.15) is 49.6 Å². The number of rotatable bonds is 9. The number of pyridine rings is 1. The van der Waals surface area contributed by atoms with Gasteiger partial charge >= 0.3 is 0 Å². The van der Waals surface area contributed by atoms with Crippen molar-refractivity contribution in [2.45, 2.75) is 38.4 Å². The van der Waals surface area contributed by atoms with Crippen molar-refractivity contribution in [3.8, 4) is 0 Å². The van der Waals surface area contributed by atoms with Crippen LogP contribution in [0.3, 0.4) is 0 Å². The molecule has 0 aliphatic rings. The fourth-order valence-electron chi connectivity index (χ4n) is 3.83. The third kappa shape index (κ3) is 6.52. The number of aliphatic hydroxyl groups excluding tert-OH is 1. The lowest BCUT2D eigenvalue weighted by Crippen LogP contribution is -2.22. The van der Waals surface area contributed by atoms with Crippen molar-refractivity contribution in [3.05, 3.63) is 113 Å². The number of aromatic nitrogens is 1. The second-order valence-corrected chi connectivity index (χ2v) is 8.97. The molecule has 170 valence electrons. The van der Waals surface area contributed by atoms with Crippen LogP contribution in [0.25, 0.3) is 23.1 Å². The van der Waals surface area contributed by atoms with Crippen molar-refractivity contribution in [2.75, 3.05) is 0 Å². The van der Waals surface area contributed by atoms with E-state index in [4.69, 9.17) is 11.6 Å². The number of nitrogens with zero attached hydrogens (tertiary/aromatic N) is 1. The molecule has 0 bridgehead atoms. The van der Waals surface area contributed by atoms with Gasteiger partial charge < -0.3 is 10.2 Å². The molecule has 3 aromatic rings. The molecule has 0 aliphatic heterocycles. The Morgan fingerprint density at radius 3 is 2.52 bits per heavy atom. The van der Waals surface area contributed by atoms with Crippen LogP contribution in [-0.2, 0) is 0 Å². The highest BCUT2D eigenvalue weighted by atomic mass is 35.5. The number of allylic oxidation sites excluding steroid dienone is 2. The van der Waals surface area contributed by atoms with Gasteiger partial charge in [-0.15, -0.1) is 0 Å². The number of benzene rings is 2. The SMILES string of the molecule is C=C/C(CC[C@H](O)c1cccc(/C=C/c2ccc3ccc(Cl)cc3n2)c1)=C(\C=C)C(C)(C)O. The summed E-state index contributed by atoms with van der Waals surface area (Å²) < 4.78 is 0. The quantitative estimate of drug-likeness (QED) is 0.330. The van der Waals surface area contributed by atoms with Gasteiger partial charge in [0.2, 0.25) is 0 Å². The number of hydrogen-bond donors (Lipinski definition) is 2. The van der Waals surface area contributed by atoms with Crippen LogP contribution in [0.4, 0.5) is 0 Å². The molecule has 0 amide bonds. The lowest BCUT2D eigenvalue weighted by molar-refractivity contribution is 0.122. The van der Waals surface area contributed by atoms with Gasteiger partial charge in [0.1, 0.15) is 0 Å². The fourth-order valence-corrected chi connectivity index (χ4v) is 4.00. The summed E-state index contributed by atoms with van der Waals surface area (Å²) in [7, 11) is 0. The topological polar surface area (TPSA) is 53.4 Å². The highest BCUT2D eigenvalue weighted by Crippen LogP contribution is 2.28. The molecule has 1 atom stereocenters. The zero-order valence-electron chi connectivity index (χ0n) is 19.1. The highest BCUT2D eigenvalue weighted by molar-refractivity contribution is 6.31. The molecular formula is C29H30ClNO2. The Morgan fingerprint density at radius 1 is 1.06 bits per heavy atom. The smallest absolute Gasteiger partial charge is 0.0842 e. The maximum Gasteiger partial charge on any atom is 0.0842 e. The van der Waals surface area contributed by atoms with Gasteiger partial charge in [0.25, 0.3) is 0 Å². The van der Waals surface area contributed by atoms with E-state index in [2.05, 4.69) is 18.1 Å². The highest BCUT2D eigenvalue weighted by Gasteiger charge is 2.20. The minimum absolute atomic E-state index is 0.509. The van der Waals surface area contributed by atoms with Crippen LogP contribution in [0, 0.1) is 0 Å². The molecule has 0 radical (unpaired) electrons. The van der Waals surface area contributed by atoms with Crippen LogP contribution in [0.5, 0.6) is 0 Å². The summed E-state index contributed by atoms with van der Waals surface area (Å²) in [5.41, 5.74) is 4.10. The Balaban J connectivity index is 1.74. The number of aliphatic hydroxyl groups is 2. The first-order valence-electron chi connectivity index (χ1n) is 10.9. The van der Waals surface area contributed by atoms with Gasteiger partial charge in [0.15, 0.2) is 0 Å². The third-order valence-electron chi connectivity index (χ3n) is 5.56. The maximum absolute atomic E-state index is 10.8. The predicted molar refractivity (Wildman–Crippen MR) is 140 cm³/mol. The average Bonchev–Trinajstić information content (AvgIpc) is 2.79. The molecule has 1 aromatic heterocycles. The van der Waals surface area contributed by atoms with E-state index in [9.17, 15) is 10.2 Å². The van der Waals surface area contributed by atoms with Crippen LogP contribution >= 0.6 is 11.6 Å². The van der Waals surface area contributed by atoms with Crippen molar-refractivity contribution in [1.29, 1.82) is 0 Å². The minimum Gasteiger partial charge on any atom is -0.388 e. The Kier molecular flexibility index (Phi) is 8.04.